The summed E-state index contributed by atoms with van der Waals surface area (Å²) in [5.41, 5.74) is 2.12. The van der Waals surface area contributed by atoms with Crippen LogP contribution in [0.4, 0.5) is 10.2 Å². The molecule has 0 saturated carbocycles. The van der Waals surface area contributed by atoms with E-state index in [0.717, 1.165) is 17.7 Å². The molecule has 6 heteroatoms. The Balaban J connectivity index is 2.47. The van der Waals surface area contributed by atoms with Crippen LogP contribution < -0.4 is 5.32 Å². The van der Waals surface area contributed by atoms with Gasteiger partial charge in [-0.3, -0.25) is 4.68 Å². The van der Waals surface area contributed by atoms with E-state index in [1.54, 1.807) is 17.8 Å². The van der Waals surface area contributed by atoms with E-state index in [1.165, 1.54) is 0 Å². The minimum atomic E-state index is -0.390. The molecule has 102 valence electrons. The van der Waals surface area contributed by atoms with Crippen molar-refractivity contribution in [2.75, 3.05) is 11.9 Å². The fourth-order valence-corrected chi connectivity index (χ4v) is 1.76. The Labute approximate surface area is 111 Å². The van der Waals surface area contributed by atoms with E-state index in [0.29, 0.717) is 18.1 Å². The van der Waals surface area contributed by atoms with Gasteiger partial charge in [-0.1, -0.05) is 6.92 Å². The molecule has 0 unspecified atom stereocenters. The number of hydrogen-bond acceptors (Lipinski definition) is 4. The third kappa shape index (κ3) is 2.57. The van der Waals surface area contributed by atoms with E-state index in [-0.39, 0.29) is 5.82 Å². The molecule has 2 aromatic heterocycles. The molecule has 0 aliphatic carbocycles. The second kappa shape index (κ2) is 5.34. The molecule has 0 atom stereocenters. The molecule has 0 aliphatic rings. The molecular weight excluding hydrogens is 245 g/mol. The number of aromatic nitrogens is 4. The smallest absolute Gasteiger partial charge is 0.186 e. The molecule has 0 spiro atoms. The van der Waals surface area contributed by atoms with Crippen LogP contribution in [0.1, 0.15) is 24.7 Å². The molecule has 0 amide bonds. The second-order valence-corrected chi connectivity index (χ2v) is 4.49. The van der Waals surface area contributed by atoms with Gasteiger partial charge in [0.2, 0.25) is 0 Å². The molecule has 0 aromatic carbocycles. The van der Waals surface area contributed by atoms with Crippen LogP contribution >= 0.6 is 0 Å². The Morgan fingerprint density at radius 3 is 2.63 bits per heavy atom. The maximum absolute atomic E-state index is 13.9. The Morgan fingerprint density at radius 2 is 2.05 bits per heavy atom. The van der Waals surface area contributed by atoms with Gasteiger partial charge < -0.3 is 5.32 Å². The fraction of sp³-hybridized carbons (Fsp3) is 0.462. The van der Waals surface area contributed by atoms with E-state index in [4.69, 9.17) is 0 Å². The topological polar surface area (TPSA) is 55.6 Å². The summed E-state index contributed by atoms with van der Waals surface area (Å²) < 4.78 is 15.7. The average Bonchev–Trinajstić information content (AvgIpc) is 2.72. The van der Waals surface area contributed by atoms with Gasteiger partial charge >= 0.3 is 0 Å². The summed E-state index contributed by atoms with van der Waals surface area (Å²) in [6.45, 7) is 6.27. The van der Waals surface area contributed by atoms with Crippen molar-refractivity contribution < 1.29 is 4.39 Å². The summed E-state index contributed by atoms with van der Waals surface area (Å²) in [4.78, 5) is 8.47. The molecule has 0 aliphatic heterocycles. The summed E-state index contributed by atoms with van der Waals surface area (Å²) in [7, 11) is 1.85. The Morgan fingerprint density at radius 1 is 1.32 bits per heavy atom. The average molecular weight is 263 g/mol. The van der Waals surface area contributed by atoms with Crippen molar-refractivity contribution in [3.8, 4) is 11.4 Å². The van der Waals surface area contributed by atoms with E-state index in [9.17, 15) is 4.39 Å². The second-order valence-electron chi connectivity index (χ2n) is 4.49. The predicted molar refractivity (Wildman–Crippen MR) is 72.4 cm³/mol. The number of aryl methyl sites for hydroxylation is 2. The third-order valence-electron chi connectivity index (χ3n) is 3.04. The van der Waals surface area contributed by atoms with Crippen molar-refractivity contribution in [2.45, 2.75) is 27.2 Å². The molecule has 0 saturated heterocycles. The standard InChI is InChI=1S/C13H18FN5/c1-5-6-15-13-11(14)8(2)17-12(18-13)10-7-16-19(4)9(10)3/h7H,5-6H2,1-4H3,(H,15,17,18). The van der Waals surface area contributed by atoms with Crippen molar-refractivity contribution in [1.82, 2.24) is 19.7 Å². The van der Waals surface area contributed by atoms with Crippen LogP contribution in [0.15, 0.2) is 6.20 Å². The summed E-state index contributed by atoms with van der Waals surface area (Å²) in [5.74, 6) is 0.370. The van der Waals surface area contributed by atoms with Crippen molar-refractivity contribution in [3.63, 3.8) is 0 Å². The highest BCUT2D eigenvalue weighted by Gasteiger charge is 2.15. The van der Waals surface area contributed by atoms with Crippen LogP contribution in [0.25, 0.3) is 11.4 Å². The quantitative estimate of drug-likeness (QED) is 0.920. The van der Waals surface area contributed by atoms with Crippen molar-refractivity contribution >= 4 is 5.82 Å². The molecule has 2 rings (SSSR count). The van der Waals surface area contributed by atoms with E-state index < -0.39 is 5.82 Å². The lowest BCUT2D eigenvalue weighted by Gasteiger charge is -2.09. The van der Waals surface area contributed by atoms with Gasteiger partial charge in [0.25, 0.3) is 0 Å². The molecular formula is C13H18FN5. The maximum atomic E-state index is 13.9. The first-order valence-electron chi connectivity index (χ1n) is 6.31. The first-order chi connectivity index (χ1) is 9.04. The molecule has 1 N–H and O–H groups in total. The third-order valence-corrected chi connectivity index (χ3v) is 3.04. The molecule has 0 fully saturated rings. The Bertz CT molecular complexity index is 591. The van der Waals surface area contributed by atoms with E-state index in [1.807, 2.05) is 20.9 Å². The highest BCUT2D eigenvalue weighted by atomic mass is 19.1. The number of hydrogen-bond donors (Lipinski definition) is 1. The van der Waals surface area contributed by atoms with Gasteiger partial charge in [-0.25, -0.2) is 14.4 Å². The maximum Gasteiger partial charge on any atom is 0.186 e. The van der Waals surface area contributed by atoms with Gasteiger partial charge in [0.1, 0.15) is 0 Å². The Kier molecular flexibility index (Phi) is 3.78. The SMILES string of the molecule is CCCNc1nc(-c2cnn(C)c2C)nc(C)c1F. The fourth-order valence-electron chi connectivity index (χ4n) is 1.76. The normalized spacial score (nSPS) is 10.8. The zero-order valence-corrected chi connectivity index (χ0v) is 11.7. The summed E-state index contributed by atoms with van der Waals surface area (Å²) >= 11 is 0. The first kappa shape index (κ1) is 13.5. The number of rotatable bonds is 4. The minimum Gasteiger partial charge on any atom is -0.368 e. The minimum absolute atomic E-state index is 0.257. The van der Waals surface area contributed by atoms with Gasteiger partial charge in [0.05, 0.1) is 17.5 Å². The first-order valence-corrected chi connectivity index (χ1v) is 6.31. The lowest BCUT2D eigenvalue weighted by molar-refractivity contribution is 0.605. The molecule has 5 nitrogen and oxygen atoms in total. The van der Waals surface area contributed by atoms with Crippen LogP contribution in [0.5, 0.6) is 0 Å². The van der Waals surface area contributed by atoms with Crippen LogP contribution in [0, 0.1) is 19.7 Å². The van der Waals surface area contributed by atoms with Crippen LogP contribution in [-0.2, 0) is 7.05 Å². The van der Waals surface area contributed by atoms with Crippen molar-refractivity contribution in [3.05, 3.63) is 23.4 Å². The molecule has 0 bridgehead atoms. The van der Waals surface area contributed by atoms with Gasteiger partial charge in [0.15, 0.2) is 17.5 Å². The zero-order valence-electron chi connectivity index (χ0n) is 11.7. The van der Waals surface area contributed by atoms with E-state index >= 15 is 0 Å². The molecule has 0 radical (unpaired) electrons. The van der Waals surface area contributed by atoms with E-state index in [2.05, 4.69) is 20.4 Å². The highest BCUT2D eigenvalue weighted by Crippen LogP contribution is 2.23. The summed E-state index contributed by atoms with van der Waals surface area (Å²) in [5, 5.41) is 7.15. The monoisotopic (exact) mass is 263 g/mol. The zero-order chi connectivity index (χ0) is 14.0. The number of nitrogens with zero attached hydrogens (tertiary/aromatic N) is 4. The van der Waals surface area contributed by atoms with Gasteiger partial charge in [-0.15, -0.1) is 0 Å². The van der Waals surface area contributed by atoms with Gasteiger partial charge in [-0.05, 0) is 20.3 Å². The summed E-state index contributed by atoms with van der Waals surface area (Å²) in [6.07, 6.45) is 2.61. The van der Waals surface area contributed by atoms with Gasteiger partial charge in [0, 0.05) is 19.3 Å². The van der Waals surface area contributed by atoms with Gasteiger partial charge in [-0.2, -0.15) is 5.10 Å². The van der Waals surface area contributed by atoms with Crippen LogP contribution in [-0.4, -0.2) is 26.3 Å². The van der Waals surface area contributed by atoms with Crippen molar-refractivity contribution in [1.29, 1.82) is 0 Å². The largest absolute Gasteiger partial charge is 0.368 e. The summed E-state index contributed by atoms with van der Waals surface area (Å²) in [6, 6.07) is 0. The molecule has 2 heterocycles. The number of halogens is 1. The van der Waals surface area contributed by atoms with Crippen molar-refractivity contribution in [2.24, 2.45) is 7.05 Å². The molecule has 19 heavy (non-hydrogen) atoms. The molecule has 2 aromatic rings. The Hall–Kier alpha value is -1.98. The van der Waals surface area contributed by atoms with Crippen LogP contribution in [0.3, 0.4) is 0 Å². The lowest BCUT2D eigenvalue weighted by Crippen LogP contribution is -2.08. The lowest BCUT2D eigenvalue weighted by atomic mass is 10.2. The highest BCUT2D eigenvalue weighted by molar-refractivity contribution is 5.59. The number of anilines is 1. The van der Waals surface area contributed by atoms with Crippen LogP contribution in [0.2, 0.25) is 0 Å². The number of nitrogens with one attached hydrogen (secondary N) is 1. The predicted octanol–water partition coefficient (Wildman–Crippen LogP) is 2.45.